The van der Waals surface area contributed by atoms with E-state index in [1.807, 2.05) is 51.1 Å². The van der Waals surface area contributed by atoms with Crippen molar-refractivity contribution in [1.82, 2.24) is 14.5 Å². The summed E-state index contributed by atoms with van der Waals surface area (Å²) in [4.78, 5) is 9.85. The Morgan fingerprint density at radius 3 is 1.91 bits per heavy atom. The van der Waals surface area contributed by atoms with Gasteiger partial charge >= 0.3 is 0 Å². The average Bonchev–Trinajstić information content (AvgIpc) is 1.81. The number of fused-ring (bicyclic) bond motifs is 1. The second-order valence-electron chi connectivity index (χ2n) is 20.9. The number of nitrogens with zero attached hydrogens (tertiary/aromatic N) is 3. The monoisotopic (exact) mass is 943 g/mol. The lowest BCUT2D eigenvalue weighted by Gasteiger charge is -2.36. The lowest BCUT2D eigenvalue weighted by atomic mass is 9.68. The first-order valence-corrected chi connectivity index (χ1v) is 24.6. The van der Waals surface area contributed by atoms with Gasteiger partial charge in [0.2, 0.25) is 0 Å². The molecule has 0 bridgehead atoms. The van der Waals surface area contributed by atoms with Gasteiger partial charge in [-0.25, -0.2) is 4.98 Å². The number of rotatable bonds is 14. The first-order chi connectivity index (χ1) is 39.2. The average molecular weight is 943 g/mol. The smallest absolute Gasteiger partial charge is 0.149 e. The molecule has 2 aromatic heterocycles. The summed E-state index contributed by atoms with van der Waals surface area (Å²) in [5.74, 6) is -2.75. The van der Waals surface area contributed by atoms with Crippen LogP contribution in [0.25, 0.3) is 72.7 Å². The van der Waals surface area contributed by atoms with Gasteiger partial charge in [0.15, 0.2) is 0 Å². The molecule has 0 aliphatic carbocycles. The minimum Gasteiger partial charge on any atom is -0.507 e. The molecule has 0 saturated carbocycles. The third-order valence-corrected chi connectivity index (χ3v) is 15.0. The van der Waals surface area contributed by atoms with Crippen LogP contribution in [0.2, 0.25) is 0 Å². The molecule has 0 amide bonds. The van der Waals surface area contributed by atoms with E-state index in [0.29, 0.717) is 27.7 Å². The van der Waals surface area contributed by atoms with Crippen molar-refractivity contribution in [2.24, 2.45) is 0 Å². The normalized spacial score (nSPS) is 16.2. The van der Waals surface area contributed by atoms with Gasteiger partial charge in [0.25, 0.3) is 0 Å². The Labute approximate surface area is 441 Å². The lowest BCUT2D eigenvalue weighted by Crippen LogP contribution is -2.25. The van der Waals surface area contributed by atoms with Crippen LogP contribution in [0.1, 0.15) is 187 Å². The van der Waals surface area contributed by atoms with Crippen molar-refractivity contribution in [3.8, 4) is 67.5 Å². The second-order valence-corrected chi connectivity index (χ2v) is 20.9. The van der Waals surface area contributed by atoms with Crippen molar-refractivity contribution >= 4 is 11.0 Å². The molecule has 0 radical (unpaired) electrons. The maximum absolute atomic E-state index is 12.6. The van der Waals surface area contributed by atoms with E-state index in [2.05, 4.69) is 64.7 Å². The molecule has 0 unspecified atom stereocenters. The fraction of sp³-hybridized carbons (Fsp3) is 0.364. The van der Waals surface area contributed by atoms with E-state index in [0.717, 1.165) is 53.5 Å². The van der Waals surface area contributed by atoms with Gasteiger partial charge < -0.3 is 5.11 Å². The van der Waals surface area contributed by atoms with E-state index in [4.69, 9.17) is 17.3 Å². The van der Waals surface area contributed by atoms with E-state index in [1.54, 1.807) is 68.7 Å². The maximum atomic E-state index is 12.6. The van der Waals surface area contributed by atoms with Crippen molar-refractivity contribution in [2.45, 2.75) is 157 Å². The molecule has 362 valence electrons. The molecule has 1 N–H and O–H groups in total. The number of benzene rings is 6. The van der Waals surface area contributed by atoms with Crippen LogP contribution in [-0.4, -0.2) is 19.6 Å². The predicted octanol–water partition coefficient (Wildman–Crippen LogP) is 18.8. The number of aromatic hydroxyl groups is 1. The molecule has 8 rings (SSSR count). The van der Waals surface area contributed by atoms with Crippen LogP contribution < -0.4 is 0 Å². The summed E-state index contributed by atoms with van der Waals surface area (Å²) < 4.78 is 135. The highest BCUT2D eigenvalue weighted by molar-refractivity contribution is 5.97. The van der Waals surface area contributed by atoms with Crippen molar-refractivity contribution in [2.75, 3.05) is 0 Å². The molecule has 6 aromatic carbocycles. The van der Waals surface area contributed by atoms with Gasteiger partial charge in [0.1, 0.15) is 11.6 Å². The Morgan fingerprint density at radius 1 is 0.657 bits per heavy atom. The number of para-hydroxylation sites is 1. The zero-order valence-corrected chi connectivity index (χ0v) is 43.2. The third kappa shape index (κ3) is 9.27. The van der Waals surface area contributed by atoms with Crippen LogP contribution in [0.15, 0.2) is 127 Å². The first-order valence-electron chi connectivity index (χ1n) is 32.1. The fourth-order valence-corrected chi connectivity index (χ4v) is 9.62. The van der Waals surface area contributed by atoms with Gasteiger partial charge in [-0.15, -0.1) is 0 Å². The molecule has 2 heterocycles. The molecule has 0 aliphatic rings. The summed E-state index contributed by atoms with van der Waals surface area (Å²) in [6.45, 7) is 20.1. The minimum absolute atomic E-state index is 0.0133. The number of phenols is 1. The van der Waals surface area contributed by atoms with Crippen molar-refractivity contribution < 1.29 is 25.7 Å². The Bertz CT molecular complexity index is 3870. The number of imidazole rings is 1. The molecule has 0 fully saturated rings. The first kappa shape index (κ1) is 34.1. The Hall–Kier alpha value is -6.26. The maximum Gasteiger partial charge on any atom is 0.149 e. The fourth-order valence-electron chi connectivity index (χ4n) is 9.62. The van der Waals surface area contributed by atoms with Gasteiger partial charge in [-0.1, -0.05) is 168 Å². The van der Waals surface area contributed by atoms with Crippen LogP contribution in [0.5, 0.6) is 5.75 Å². The van der Waals surface area contributed by atoms with Crippen LogP contribution in [0.4, 0.5) is 0 Å². The SMILES string of the molecule is [2H]c1nc(-c2cc(-c3cccc4c3nc(-c3cc(C([2H])(C)C)cc(C([2H])(C)C)c3O)n4-c3ccc(-c4c(C(C)(CC)CC)cccc4C(C)(CC)CC)cc3C([2H])([2H])[2H])cc(C(C)(C)C)c2)c([2H])c(-c2c([2H])c([2H])c(C([2H])([2H])[2H])c([2H])c2[2H])c1[2H]. The Kier molecular flexibility index (Phi) is 9.51. The molecular formula is C66H77N3O. The zero-order chi connectivity index (χ0) is 63.4. The van der Waals surface area contributed by atoms with Gasteiger partial charge in [0, 0.05) is 28.3 Å². The van der Waals surface area contributed by atoms with Crippen LogP contribution in [0, 0.1) is 13.7 Å². The highest BCUT2D eigenvalue weighted by atomic mass is 16.3. The largest absolute Gasteiger partial charge is 0.507 e. The summed E-state index contributed by atoms with van der Waals surface area (Å²) in [6, 6.07) is 21.8. The summed E-state index contributed by atoms with van der Waals surface area (Å²) in [7, 11) is 0. The molecule has 0 atom stereocenters. The predicted molar refractivity (Wildman–Crippen MR) is 300 cm³/mol. The molecule has 0 spiro atoms. The second kappa shape index (κ2) is 19.5. The number of hydrogen-bond acceptors (Lipinski definition) is 3. The number of aromatic nitrogens is 3. The molecule has 0 aliphatic heterocycles. The van der Waals surface area contributed by atoms with Crippen molar-refractivity contribution in [1.29, 1.82) is 0 Å². The number of pyridine rings is 1. The highest BCUT2D eigenvalue weighted by Crippen LogP contribution is 2.48. The Morgan fingerprint density at radius 2 is 1.31 bits per heavy atom. The number of phenolic OH excluding ortho intramolecular Hbond substituents is 1. The Balaban J connectivity index is 1.51. The molecule has 4 nitrogen and oxygen atoms in total. The van der Waals surface area contributed by atoms with Gasteiger partial charge in [-0.2, -0.15) is 0 Å². The van der Waals surface area contributed by atoms with E-state index in [1.165, 1.54) is 0 Å². The lowest BCUT2D eigenvalue weighted by molar-refractivity contribution is 0.426. The quantitative estimate of drug-likeness (QED) is 0.118. The van der Waals surface area contributed by atoms with Crippen LogP contribution >= 0.6 is 0 Å². The van der Waals surface area contributed by atoms with Crippen LogP contribution in [-0.2, 0) is 16.2 Å². The topological polar surface area (TPSA) is 50.9 Å². The highest BCUT2D eigenvalue weighted by Gasteiger charge is 2.33. The summed E-state index contributed by atoms with van der Waals surface area (Å²) >= 11 is 0. The number of aryl methyl sites for hydroxylation is 1. The van der Waals surface area contributed by atoms with Crippen LogP contribution in [0.3, 0.4) is 0 Å². The molecule has 0 saturated heterocycles. The van der Waals surface area contributed by atoms with Gasteiger partial charge in [0.05, 0.1) is 37.6 Å². The zero-order valence-electron chi connectivity index (χ0n) is 58.2. The van der Waals surface area contributed by atoms with Gasteiger partial charge in [-0.05, 0) is 177 Å². The van der Waals surface area contributed by atoms with E-state index < -0.39 is 90.0 Å². The standard InChI is InChI=1S/C66H77N3O/c1-16-65(14,17-2)55-23-21-24-56(66(15,18-3)19-4)60(55)47-30-31-58(44(10)34-47)69-59-25-20-22-52(61(59)68-63(69)54-39-48(41(5)6)38-53(42(7)8)62(54)70)49-35-50(37-51(36-49)64(11,12)13)57-40-46(32-33-67-57)45-28-26-43(9)27-29-45/h20-42,70H,16-19H2,1-15H3/i9D3,10D3,26D,27D,28D,29D,32D,33D,40D,41D,42D. The minimum atomic E-state index is -3.01. The molecule has 8 aromatic rings. The van der Waals surface area contributed by atoms with E-state index in [-0.39, 0.29) is 56.0 Å². The summed E-state index contributed by atoms with van der Waals surface area (Å²) in [6.07, 6.45) is 2.74. The molecule has 4 heteroatoms. The summed E-state index contributed by atoms with van der Waals surface area (Å²) in [5.41, 5.74) is 4.96. The van der Waals surface area contributed by atoms with Crippen molar-refractivity contribution in [3.05, 3.63) is 166 Å². The van der Waals surface area contributed by atoms with E-state index in [9.17, 15) is 13.3 Å². The third-order valence-electron chi connectivity index (χ3n) is 15.0. The molecule has 70 heavy (non-hydrogen) atoms. The summed E-state index contributed by atoms with van der Waals surface area (Å²) in [5, 5.41) is 12.6. The van der Waals surface area contributed by atoms with E-state index >= 15 is 0 Å². The molecular weight excluding hydrogens is 851 g/mol. The number of hydrogen-bond donors (Lipinski definition) is 1. The van der Waals surface area contributed by atoms with Gasteiger partial charge in [-0.3, -0.25) is 9.55 Å². The van der Waals surface area contributed by atoms with Crippen molar-refractivity contribution in [3.63, 3.8) is 0 Å².